The van der Waals surface area contributed by atoms with Crippen molar-refractivity contribution in [2.75, 3.05) is 39.2 Å². The Morgan fingerprint density at radius 3 is 1.75 bits per heavy atom. The zero-order chi connectivity index (χ0) is 31.8. The topological polar surface area (TPSA) is 141 Å². The van der Waals surface area contributed by atoms with Gasteiger partial charge in [-0.2, -0.15) is 44.1 Å². The second-order valence-corrected chi connectivity index (χ2v) is 15.7. The van der Waals surface area contributed by atoms with Crippen molar-refractivity contribution in [1.29, 1.82) is 0 Å². The van der Waals surface area contributed by atoms with Crippen molar-refractivity contribution < 1.29 is 42.7 Å². The molecule has 3 N–H and O–H groups in total. The number of ether oxygens (including phenoxy) is 2. The highest BCUT2D eigenvalue weighted by Crippen LogP contribution is 2.52. The van der Waals surface area contributed by atoms with Crippen LogP contribution in [-0.2, 0) is 32.9 Å². The Morgan fingerprint density at radius 1 is 0.775 bits per heavy atom. The third-order valence-electron chi connectivity index (χ3n) is 5.65. The van der Waals surface area contributed by atoms with Crippen molar-refractivity contribution in [1.82, 2.24) is 5.32 Å². The number of hydrogen-bond donors (Lipinski definition) is 5. The van der Waals surface area contributed by atoms with Crippen LogP contribution in [0, 0.1) is 16.2 Å². The van der Waals surface area contributed by atoms with Crippen LogP contribution in [0.2, 0.25) is 0 Å². The average Bonchev–Trinajstić information content (AvgIpc) is 2.82. The number of methoxy groups -OCH3 is 1. The highest BCUT2D eigenvalue weighted by molar-refractivity contribution is 7.82. The second kappa shape index (κ2) is 18.8. The summed E-state index contributed by atoms with van der Waals surface area (Å²) < 4.78 is 18.7. The Balaban J connectivity index is 0. The SMILES string of the molecule is CC(C)(C)CCC(C)(S)C(=O)OCCCO[P+](O)(O)OCCNC(=O)CS.COC(=O)C(C)(C)CCC(C)(C)C. The number of thiol groups is 2. The molecule has 238 valence electrons. The molecule has 0 fully saturated rings. The van der Waals surface area contributed by atoms with E-state index in [0.29, 0.717) is 6.42 Å². The van der Waals surface area contributed by atoms with E-state index in [-0.39, 0.29) is 66.7 Å². The first-order chi connectivity index (χ1) is 18.0. The van der Waals surface area contributed by atoms with Crippen LogP contribution in [0.25, 0.3) is 0 Å². The van der Waals surface area contributed by atoms with E-state index in [2.05, 4.69) is 72.1 Å². The lowest BCUT2D eigenvalue weighted by molar-refractivity contribution is -0.151. The molecule has 0 bridgehead atoms. The molecule has 1 atom stereocenters. The van der Waals surface area contributed by atoms with Crippen molar-refractivity contribution >= 4 is 51.3 Å². The number of carbonyl (C=O) groups is 3. The quantitative estimate of drug-likeness (QED) is 0.0673. The monoisotopic (exact) mass is 632 g/mol. The molecule has 0 aliphatic heterocycles. The summed E-state index contributed by atoms with van der Waals surface area (Å²) in [5, 5.41) is 2.46. The Labute approximate surface area is 253 Å². The maximum Gasteiger partial charge on any atom is 0.570 e. The van der Waals surface area contributed by atoms with Crippen molar-refractivity contribution in [2.24, 2.45) is 16.2 Å². The Bertz CT molecular complexity index is 764. The molecule has 1 unspecified atom stereocenters. The van der Waals surface area contributed by atoms with Crippen LogP contribution in [0.3, 0.4) is 0 Å². The Kier molecular flexibility index (Phi) is 19.5. The smallest absolute Gasteiger partial charge is 0.469 e. The molecular formula is C27H55NO9PS2+. The van der Waals surface area contributed by atoms with Gasteiger partial charge in [0.05, 0.1) is 24.9 Å². The molecule has 0 saturated carbocycles. The van der Waals surface area contributed by atoms with Crippen LogP contribution in [0.1, 0.15) is 94.4 Å². The van der Waals surface area contributed by atoms with Gasteiger partial charge in [-0.15, -0.1) is 0 Å². The van der Waals surface area contributed by atoms with E-state index in [4.69, 9.17) is 18.5 Å². The molecular weight excluding hydrogens is 577 g/mol. The first kappa shape index (κ1) is 41.5. The van der Waals surface area contributed by atoms with Gasteiger partial charge in [-0.25, -0.2) is 0 Å². The average molecular weight is 633 g/mol. The second-order valence-electron chi connectivity index (χ2n) is 12.9. The van der Waals surface area contributed by atoms with Gasteiger partial charge in [0.25, 0.3) is 0 Å². The fraction of sp³-hybridized carbons (Fsp3) is 0.889. The molecule has 0 aromatic heterocycles. The molecule has 40 heavy (non-hydrogen) atoms. The van der Waals surface area contributed by atoms with Gasteiger partial charge in [-0.1, -0.05) is 41.5 Å². The van der Waals surface area contributed by atoms with Gasteiger partial charge in [-0.05, 0) is 57.3 Å². The number of amides is 1. The van der Waals surface area contributed by atoms with Gasteiger partial charge in [0.1, 0.15) is 18.0 Å². The summed E-state index contributed by atoms with van der Waals surface area (Å²) in [6.45, 7) is 18.4. The highest BCUT2D eigenvalue weighted by Gasteiger charge is 2.39. The van der Waals surface area contributed by atoms with Gasteiger partial charge in [-0.3, -0.25) is 14.4 Å². The molecule has 0 aliphatic rings. The number of esters is 2. The van der Waals surface area contributed by atoms with E-state index in [9.17, 15) is 24.2 Å². The van der Waals surface area contributed by atoms with Gasteiger partial charge in [0, 0.05) is 13.0 Å². The summed E-state index contributed by atoms with van der Waals surface area (Å²) >= 11 is 8.19. The van der Waals surface area contributed by atoms with E-state index < -0.39 is 18.9 Å². The zero-order valence-corrected chi connectivity index (χ0v) is 28.8. The standard InChI is InChI=1S/C16H32NO7PS2.C11H22O2/c1-15(2,3)6-7-16(4,27)14(19)22-9-5-10-23-25(20,21)24-11-8-17-13(18)12-26;1-10(2,3)7-8-11(4,5)9(12)13-6/h20-21H,5-12H2,1-4H3,(H2-,17,18,26,27);7-8H2,1-6H3/p+1. The third kappa shape index (κ3) is 23.0. The molecule has 0 aliphatic carbocycles. The molecule has 10 nitrogen and oxygen atoms in total. The fourth-order valence-electron chi connectivity index (χ4n) is 2.80. The number of carbonyl (C=O) groups excluding carboxylic acids is 3. The minimum Gasteiger partial charge on any atom is -0.469 e. The van der Waals surface area contributed by atoms with Crippen LogP contribution in [0.4, 0.5) is 0 Å². The largest absolute Gasteiger partial charge is 0.570 e. The minimum atomic E-state index is -3.96. The van der Waals surface area contributed by atoms with Crippen molar-refractivity contribution in [2.45, 2.75) is 99.2 Å². The summed E-state index contributed by atoms with van der Waals surface area (Å²) in [5.74, 6) is -0.782. The molecule has 0 heterocycles. The molecule has 0 aromatic rings. The lowest BCUT2D eigenvalue weighted by Crippen LogP contribution is -2.32. The first-order valence-electron chi connectivity index (χ1n) is 13.5. The Hall–Kier alpha value is -0.620. The molecule has 1 amide bonds. The van der Waals surface area contributed by atoms with E-state index >= 15 is 0 Å². The fourth-order valence-corrected chi connectivity index (χ4v) is 3.86. The molecule has 0 aromatic carbocycles. The van der Waals surface area contributed by atoms with Gasteiger partial charge in [0.2, 0.25) is 5.91 Å². The first-order valence-corrected chi connectivity index (χ1v) is 16.1. The van der Waals surface area contributed by atoms with Gasteiger partial charge >= 0.3 is 20.1 Å². The lowest BCUT2D eigenvalue weighted by Gasteiger charge is -2.26. The highest BCUT2D eigenvalue weighted by atomic mass is 32.1. The molecule has 0 radical (unpaired) electrons. The summed E-state index contributed by atoms with van der Waals surface area (Å²) in [7, 11) is -2.52. The van der Waals surface area contributed by atoms with Gasteiger partial charge < -0.3 is 14.8 Å². The molecule has 0 rings (SSSR count). The molecule has 0 spiro atoms. The maximum atomic E-state index is 12.1. The summed E-state index contributed by atoms with van der Waals surface area (Å²) in [4.78, 5) is 53.6. The van der Waals surface area contributed by atoms with Crippen molar-refractivity contribution in [3.8, 4) is 0 Å². The number of hydrogen-bond acceptors (Lipinski definition) is 11. The number of nitrogens with one attached hydrogen (secondary N) is 1. The van der Waals surface area contributed by atoms with Gasteiger partial charge in [0.15, 0.2) is 0 Å². The normalized spacial score (nSPS) is 13.9. The molecule has 0 saturated heterocycles. The van der Waals surface area contributed by atoms with E-state index in [0.717, 1.165) is 19.3 Å². The molecule has 13 heteroatoms. The van der Waals surface area contributed by atoms with E-state index in [1.54, 1.807) is 6.92 Å². The van der Waals surface area contributed by atoms with Crippen LogP contribution in [0.5, 0.6) is 0 Å². The summed E-state index contributed by atoms with van der Waals surface area (Å²) in [6.07, 6.45) is 3.61. The van der Waals surface area contributed by atoms with E-state index in [1.165, 1.54) is 7.11 Å². The van der Waals surface area contributed by atoms with Crippen LogP contribution in [0.15, 0.2) is 0 Å². The number of rotatable bonds is 16. The third-order valence-corrected chi connectivity index (χ3v) is 7.38. The summed E-state index contributed by atoms with van der Waals surface area (Å²) in [6, 6.07) is 0. The predicted octanol–water partition coefficient (Wildman–Crippen LogP) is 5.19. The minimum absolute atomic E-state index is 0.0370. The van der Waals surface area contributed by atoms with Crippen LogP contribution < -0.4 is 5.32 Å². The predicted molar refractivity (Wildman–Crippen MR) is 166 cm³/mol. The summed E-state index contributed by atoms with van der Waals surface area (Å²) in [5.41, 5.74) is 0.0380. The van der Waals surface area contributed by atoms with Crippen LogP contribution in [-0.4, -0.2) is 71.6 Å². The zero-order valence-electron chi connectivity index (χ0n) is 26.2. The maximum absolute atomic E-state index is 12.1. The Morgan fingerprint density at radius 2 is 1.27 bits per heavy atom. The van der Waals surface area contributed by atoms with Crippen molar-refractivity contribution in [3.05, 3.63) is 0 Å². The van der Waals surface area contributed by atoms with Crippen LogP contribution >= 0.6 is 33.4 Å². The van der Waals surface area contributed by atoms with Crippen molar-refractivity contribution in [3.63, 3.8) is 0 Å². The lowest BCUT2D eigenvalue weighted by atomic mass is 9.80. The van der Waals surface area contributed by atoms with E-state index in [1.807, 2.05) is 13.8 Å².